The molecule has 5 heteroatoms. The quantitative estimate of drug-likeness (QED) is 0.0596. The van der Waals surface area contributed by atoms with Crippen LogP contribution in [-0.4, -0.2) is 28.1 Å². The van der Waals surface area contributed by atoms with Gasteiger partial charge in [0.05, 0.1) is 0 Å². The second-order valence-corrected chi connectivity index (χ2v) is 15.3. The minimum absolute atomic E-state index is 0. The summed E-state index contributed by atoms with van der Waals surface area (Å²) in [4.78, 5) is 0. The van der Waals surface area contributed by atoms with Gasteiger partial charge in [-0.1, -0.05) is 133 Å². The van der Waals surface area contributed by atoms with Gasteiger partial charge in [0.1, 0.15) is 0 Å². The van der Waals surface area contributed by atoms with E-state index in [-0.39, 0.29) is 16.5 Å². The number of benzene rings is 2. The molecule has 0 radical (unpaired) electrons. The fourth-order valence-electron chi connectivity index (χ4n) is 7.57. The van der Waals surface area contributed by atoms with Crippen LogP contribution in [-0.2, 0) is 55.0 Å². The average Bonchev–Trinajstić information content (AvgIpc) is 3.54. The summed E-state index contributed by atoms with van der Waals surface area (Å²) in [5.41, 5.74) is 26.6. The Kier molecular flexibility index (Phi) is 31.7. The molecule has 0 saturated heterocycles. The molecule has 0 atom stereocenters. The molecule has 1 heterocycles. The maximum absolute atomic E-state index is 12.0. The topological polar surface area (TPSA) is 65.8 Å². The van der Waals surface area contributed by atoms with Crippen molar-refractivity contribution in [3.05, 3.63) is 86.0 Å². The molecule has 316 valence electrons. The molecule has 3 rings (SSSR count). The smallest absolute Gasteiger partial charge is 0.210 e. The van der Waals surface area contributed by atoms with E-state index in [4.69, 9.17) is 10.2 Å². The van der Waals surface area contributed by atoms with Crippen molar-refractivity contribution in [1.29, 1.82) is 0 Å². The number of aliphatic hydroxyl groups excluding tert-OH is 2. The molecule has 0 aromatic heterocycles. The van der Waals surface area contributed by atoms with Crippen LogP contribution in [0.5, 0.6) is 0 Å². The van der Waals surface area contributed by atoms with Gasteiger partial charge in [-0.2, -0.15) is 0 Å². The van der Waals surface area contributed by atoms with Crippen molar-refractivity contribution in [1.82, 2.24) is 0 Å². The molecule has 2 aromatic carbocycles. The Balaban J connectivity index is 0.00000294. The van der Waals surface area contributed by atoms with E-state index in [2.05, 4.69) is 78.8 Å². The molecule has 2 N–H and O–H groups in total. The van der Waals surface area contributed by atoms with E-state index in [1.807, 2.05) is 13.8 Å². The van der Waals surface area contributed by atoms with Crippen molar-refractivity contribution in [2.45, 2.75) is 210 Å². The fraction of sp³-hybridized carbons (Fsp3) is 0.680. The molecular weight excluding hydrogens is 719 g/mol. The number of unbranched alkanes of at least 4 members (excludes halogenated alkanes) is 11. The van der Waals surface area contributed by atoms with Crippen LogP contribution in [0.2, 0.25) is 0 Å². The molecule has 2 aromatic rings. The Hall–Kier alpha value is -2.07. The molecule has 0 saturated carbocycles. The van der Waals surface area contributed by atoms with Crippen molar-refractivity contribution in [3.8, 4) is 0 Å². The monoisotopic (exact) mass is 803 g/mol. The number of aliphatic hydroxyl groups is 2. The van der Waals surface area contributed by atoms with Gasteiger partial charge in [0.25, 0.3) is 0 Å². The van der Waals surface area contributed by atoms with Gasteiger partial charge < -0.3 is 15.7 Å². The van der Waals surface area contributed by atoms with E-state index in [9.17, 15) is 5.53 Å². The Morgan fingerprint density at radius 3 is 1.15 bits per heavy atom. The van der Waals surface area contributed by atoms with E-state index in [1.54, 1.807) is 15.8 Å². The molecule has 0 unspecified atom stereocenters. The molecule has 1 aliphatic heterocycles. The minimum Gasteiger partial charge on any atom is -0.493 e. The van der Waals surface area contributed by atoms with Crippen LogP contribution in [0.15, 0.2) is 35.9 Å². The van der Waals surface area contributed by atoms with Gasteiger partial charge in [0, 0.05) is 52.5 Å². The third kappa shape index (κ3) is 18.4. The van der Waals surface area contributed by atoms with Gasteiger partial charge in [-0.3, -0.25) is 0 Å². The van der Waals surface area contributed by atoms with Gasteiger partial charge in [-0.15, -0.1) is 0 Å². The van der Waals surface area contributed by atoms with Crippen molar-refractivity contribution >= 4 is 11.4 Å². The Labute approximate surface area is 350 Å². The number of nitrogens with zero attached hydrogens (tertiary/aromatic N) is 2. The molecule has 4 nitrogen and oxygen atoms in total. The SMILES string of the molecule is CCCCCCCCc1c(CC)cc(C2=CC(CCCC)=C(c3cc(CC)c(CCCCCCCC)c(CC)c3)[N+]2=[N-])cc1CC.CCCO.CCCO.[Ni]. The molecular formula is C50H84N2NiO2. The van der Waals surface area contributed by atoms with Crippen molar-refractivity contribution in [3.63, 3.8) is 0 Å². The van der Waals surface area contributed by atoms with Gasteiger partial charge in [-0.05, 0) is 135 Å². The zero-order chi connectivity index (χ0) is 40.1. The molecule has 0 fully saturated rings. The first-order valence-corrected chi connectivity index (χ1v) is 22.8. The van der Waals surface area contributed by atoms with Gasteiger partial charge in [0.15, 0.2) is 0 Å². The zero-order valence-electron chi connectivity index (χ0n) is 37.2. The largest absolute Gasteiger partial charge is 0.493 e. The van der Waals surface area contributed by atoms with Crippen LogP contribution >= 0.6 is 0 Å². The summed E-state index contributed by atoms with van der Waals surface area (Å²) in [5, 5.41) is 15.8. The van der Waals surface area contributed by atoms with Crippen LogP contribution < -0.4 is 0 Å². The third-order valence-corrected chi connectivity index (χ3v) is 10.8. The maximum Gasteiger partial charge on any atom is 0.210 e. The molecule has 55 heavy (non-hydrogen) atoms. The number of allylic oxidation sites excluding steroid dienone is 2. The Morgan fingerprint density at radius 1 is 0.455 bits per heavy atom. The number of hydrogen-bond acceptors (Lipinski definition) is 2. The summed E-state index contributed by atoms with van der Waals surface area (Å²) in [6, 6.07) is 9.59. The van der Waals surface area contributed by atoms with E-state index in [0.717, 1.165) is 74.7 Å². The van der Waals surface area contributed by atoms with Crippen molar-refractivity contribution in [2.75, 3.05) is 13.2 Å². The zero-order valence-corrected chi connectivity index (χ0v) is 38.2. The first-order valence-electron chi connectivity index (χ1n) is 22.8. The minimum atomic E-state index is 0. The van der Waals surface area contributed by atoms with Crippen LogP contribution in [0.4, 0.5) is 0 Å². The summed E-state index contributed by atoms with van der Waals surface area (Å²) < 4.78 is 1.55. The third-order valence-electron chi connectivity index (χ3n) is 10.8. The predicted molar refractivity (Wildman–Crippen MR) is 237 cm³/mol. The Bertz CT molecular complexity index is 1330. The van der Waals surface area contributed by atoms with E-state index in [1.165, 1.54) is 123 Å². The second kappa shape index (κ2) is 33.0. The average molecular weight is 804 g/mol. The molecule has 0 amide bonds. The summed E-state index contributed by atoms with van der Waals surface area (Å²) >= 11 is 0. The van der Waals surface area contributed by atoms with Crippen LogP contribution in [0.1, 0.15) is 216 Å². The summed E-state index contributed by atoms with van der Waals surface area (Å²) in [6.45, 7) is 20.5. The number of rotatable bonds is 25. The van der Waals surface area contributed by atoms with E-state index < -0.39 is 0 Å². The standard InChI is InChI=1S/C44H68N2.2C3H8O.Ni/c1-8-15-18-20-22-24-27-41-34(11-4)29-39(30-35(41)12-5)43-33-38(26-17-10-3)44(46(43)45)40-31-36(13-6)42(37(14-7)32-40)28-25-23-21-19-16-9-2;2*1-2-3-4;/h29-33H,8-28H2,1-7H3;2*4H,2-3H2,1H3;. The Morgan fingerprint density at radius 2 is 0.800 bits per heavy atom. The molecule has 1 aliphatic rings. The van der Waals surface area contributed by atoms with Crippen molar-refractivity contribution < 1.29 is 31.4 Å². The molecule has 0 bridgehead atoms. The predicted octanol–water partition coefficient (Wildman–Crippen LogP) is 14.5. The summed E-state index contributed by atoms with van der Waals surface area (Å²) in [5.74, 6) is 0. The molecule has 0 spiro atoms. The van der Waals surface area contributed by atoms with Gasteiger partial charge >= 0.3 is 0 Å². The first-order chi connectivity index (χ1) is 26.3. The van der Waals surface area contributed by atoms with Gasteiger partial charge in [0.2, 0.25) is 11.4 Å². The second-order valence-electron chi connectivity index (χ2n) is 15.3. The van der Waals surface area contributed by atoms with Crippen molar-refractivity contribution in [2.24, 2.45) is 0 Å². The normalized spacial score (nSPS) is 12.2. The van der Waals surface area contributed by atoms with Gasteiger partial charge in [-0.25, -0.2) is 4.70 Å². The maximum atomic E-state index is 12.0. The first kappa shape index (κ1) is 52.9. The number of aryl methyl sites for hydroxylation is 4. The summed E-state index contributed by atoms with van der Waals surface area (Å²) in [6.07, 6.45) is 29.8. The molecule has 0 aliphatic carbocycles. The van der Waals surface area contributed by atoms with Crippen LogP contribution in [0.25, 0.3) is 16.9 Å². The fourth-order valence-corrected chi connectivity index (χ4v) is 7.57. The van der Waals surface area contributed by atoms with E-state index >= 15 is 0 Å². The van der Waals surface area contributed by atoms with Crippen LogP contribution in [0.3, 0.4) is 0 Å². The number of hydrogen-bond donors (Lipinski definition) is 2. The van der Waals surface area contributed by atoms with Crippen LogP contribution in [0, 0.1) is 0 Å². The summed E-state index contributed by atoms with van der Waals surface area (Å²) in [7, 11) is 0. The van der Waals surface area contributed by atoms with E-state index in [0.29, 0.717) is 13.2 Å².